The largest absolute Gasteiger partial charge is 0.382 e. The molecule has 3 aromatic heterocycles. The number of hydrogen-bond acceptors (Lipinski definition) is 7. The third-order valence-corrected chi connectivity index (χ3v) is 6.03. The lowest BCUT2D eigenvalue weighted by Gasteiger charge is -2.28. The SMILES string of the molecule is CNC(=O)[C@H]1CC[C@H](NC(=O)c2cnc(-c3cnn4cc(C#N)cnc34)cc2NC(C)C)CC1. The standard InChI is InChI=1S/C24H28N8O2/c1-14(2)30-21-8-20(18-12-29-32-13-15(9-25)10-28-22(18)32)27-11-19(21)24(34)31-17-6-4-16(5-7-17)23(33)26-3/h8,10-14,16-17H,4-7H2,1-3H3,(H,26,33)(H,27,30)(H,31,34)/t16-,17-. The van der Waals surface area contributed by atoms with E-state index >= 15 is 0 Å². The first-order valence-corrected chi connectivity index (χ1v) is 11.4. The van der Waals surface area contributed by atoms with Crippen LogP contribution in [0.3, 0.4) is 0 Å². The van der Waals surface area contributed by atoms with E-state index in [0.29, 0.717) is 33.7 Å². The summed E-state index contributed by atoms with van der Waals surface area (Å²) < 4.78 is 1.54. The Morgan fingerprint density at radius 1 is 1.15 bits per heavy atom. The Bertz CT molecular complexity index is 1250. The number of amides is 2. The van der Waals surface area contributed by atoms with Gasteiger partial charge in [0.25, 0.3) is 5.91 Å². The minimum absolute atomic E-state index is 0.0148. The van der Waals surface area contributed by atoms with Gasteiger partial charge in [0.1, 0.15) is 6.07 Å². The highest BCUT2D eigenvalue weighted by Crippen LogP contribution is 2.28. The average molecular weight is 461 g/mol. The number of pyridine rings is 1. The molecule has 0 aromatic carbocycles. The highest BCUT2D eigenvalue weighted by Gasteiger charge is 2.27. The Balaban J connectivity index is 1.56. The molecule has 3 N–H and O–H groups in total. The summed E-state index contributed by atoms with van der Waals surface area (Å²) in [4.78, 5) is 33.9. The minimum atomic E-state index is -0.192. The molecule has 1 aliphatic rings. The van der Waals surface area contributed by atoms with Crippen molar-refractivity contribution in [3.63, 3.8) is 0 Å². The molecule has 10 heteroatoms. The van der Waals surface area contributed by atoms with E-state index in [-0.39, 0.29) is 29.8 Å². The van der Waals surface area contributed by atoms with Gasteiger partial charge in [-0.1, -0.05) is 0 Å². The molecular formula is C24H28N8O2. The van der Waals surface area contributed by atoms with E-state index in [9.17, 15) is 9.59 Å². The summed E-state index contributed by atoms with van der Waals surface area (Å²) in [7, 11) is 1.66. The molecule has 1 saturated carbocycles. The molecule has 3 aromatic rings. The van der Waals surface area contributed by atoms with Crippen LogP contribution in [0.15, 0.2) is 30.9 Å². The smallest absolute Gasteiger partial charge is 0.255 e. The van der Waals surface area contributed by atoms with Crippen LogP contribution in [-0.2, 0) is 4.79 Å². The molecule has 34 heavy (non-hydrogen) atoms. The van der Waals surface area contributed by atoms with Crippen LogP contribution in [-0.4, -0.2) is 50.5 Å². The Hall–Kier alpha value is -4.00. The van der Waals surface area contributed by atoms with E-state index in [1.54, 1.807) is 30.2 Å². The number of carbonyl (C=O) groups excluding carboxylic acids is 2. The normalized spacial score (nSPS) is 17.9. The van der Waals surface area contributed by atoms with Crippen molar-refractivity contribution < 1.29 is 9.59 Å². The van der Waals surface area contributed by atoms with Gasteiger partial charge in [0, 0.05) is 37.4 Å². The number of rotatable bonds is 6. The Labute approximate surface area is 197 Å². The number of hydrogen-bond donors (Lipinski definition) is 3. The Morgan fingerprint density at radius 2 is 1.91 bits per heavy atom. The molecular weight excluding hydrogens is 432 g/mol. The quantitative estimate of drug-likeness (QED) is 0.514. The fourth-order valence-corrected chi connectivity index (χ4v) is 4.29. The van der Waals surface area contributed by atoms with Crippen LogP contribution in [0, 0.1) is 17.2 Å². The van der Waals surface area contributed by atoms with Crippen LogP contribution >= 0.6 is 0 Å². The van der Waals surface area contributed by atoms with Gasteiger partial charge in [0.2, 0.25) is 5.91 Å². The lowest BCUT2D eigenvalue weighted by atomic mass is 9.85. The summed E-state index contributed by atoms with van der Waals surface area (Å²) in [5.41, 5.74) is 3.45. The van der Waals surface area contributed by atoms with Crippen molar-refractivity contribution in [3.05, 3.63) is 42.0 Å². The third-order valence-electron chi connectivity index (χ3n) is 6.03. The molecule has 0 aliphatic heterocycles. The number of nitriles is 1. The zero-order valence-corrected chi connectivity index (χ0v) is 19.5. The Morgan fingerprint density at radius 3 is 2.59 bits per heavy atom. The van der Waals surface area contributed by atoms with Gasteiger partial charge in [-0.05, 0) is 45.6 Å². The zero-order valence-electron chi connectivity index (χ0n) is 19.5. The van der Waals surface area contributed by atoms with Gasteiger partial charge in [-0.2, -0.15) is 10.4 Å². The van der Waals surface area contributed by atoms with E-state index in [1.807, 2.05) is 26.0 Å². The van der Waals surface area contributed by atoms with E-state index in [4.69, 9.17) is 5.26 Å². The first-order chi connectivity index (χ1) is 16.4. The lowest BCUT2D eigenvalue weighted by Crippen LogP contribution is -2.40. The van der Waals surface area contributed by atoms with Crippen molar-refractivity contribution in [1.29, 1.82) is 5.26 Å². The molecule has 1 aliphatic carbocycles. The molecule has 0 unspecified atom stereocenters. The van der Waals surface area contributed by atoms with Gasteiger partial charge < -0.3 is 16.0 Å². The number of anilines is 1. The second kappa shape index (κ2) is 9.87. The van der Waals surface area contributed by atoms with Crippen LogP contribution in [0.1, 0.15) is 55.5 Å². The molecule has 176 valence electrons. The maximum atomic E-state index is 13.1. The van der Waals surface area contributed by atoms with Gasteiger partial charge in [0.15, 0.2) is 5.65 Å². The molecule has 2 amide bonds. The van der Waals surface area contributed by atoms with E-state index < -0.39 is 0 Å². The highest BCUT2D eigenvalue weighted by molar-refractivity contribution is 6.00. The summed E-state index contributed by atoms with van der Waals surface area (Å²) in [5.74, 6) is -0.109. The van der Waals surface area contributed by atoms with Crippen LogP contribution in [0.2, 0.25) is 0 Å². The Kier molecular flexibility index (Phi) is 6.72. The number of aromatic nitrogens is 4. The summed E-state index contributed by atoms with van der Waals surface area (Å²) >= 11 is 0. The molecule has 10 nitrogen and oxygen atoms in total. The summed E-state index contributed by atoms with van der Waals surface area (Å²) in [5, 5.41) is 22.5. The average Bonchev–Trinajstić information content (AvgIpc) is 3.26. The molecule has 0 spiro atoms. The summed E-state index contributed by atoms with van der Waals surface area (Å²) in [6.45, 7) is 4.00. The topological polar surface area (TPSA) is 137 Å². The first-order valence-electron chi connectivity index (χ1n) is 11.4. The van der Waals surface area contributed by atoms with E-state index in [2.05, 4.69) is 31.0 Å². The fourth-order valence-electron chi connectivity index (χ4n) is 4.29. The maximum absolute atomic E-state index is 13.1. The number of nitrogens with one attached hydrogen (secondary N) is 3. The van der Waals surface area contributed by atoms with Crippen LogP contribution in [0.4, 0.5) is 5.69 Å². The molecule has 3 heterocycles. The molecule has 0 saturated heterocycles. The second-order valence-corrected chi connectivity index (χ2v) is 8.83. The lowest BCUT2D eigenvalue weighted by molar-refractivity contribution is -0.125. The van der Waals surface area contributed by atoms with Crippen molar-refractivity contribution >= 4 is 23.1 Å². The number of nitrogens with zero attached hydrogens (tertiary/aromatic N) is 5. The van der Waals surface area contributed by atoms with E-state index in [1.165, 1.54) is 6.20 Å². The highest BCUT2D eigenvalue weighted by atomic mass is 16.2. The van der Waals surface area contributed by atoms with Crippen molar-refractivity contribution in [3.8, 4) is 17.3 Å². The van der Waals surface area contributed by atoms with Gasteiger partial charge in [-0.25, -0.2) is 9.50 Å². The molecule has 0 radical (unpaired) electrons. The minimum Gasteiger partial charge on any atom is -0.382 e. The molecule has 0 atom stereocenters. The molecule has 4 rings (SSSR count). The predicted molar refractivity (Wildman–Crippen MR) is 127 cm³/mol. The maximum Gasteiger partial charge on any atom is 0.255 e. The zero-order chi connectivity index (χ0) is 24.2. The van der Waals surface area contributed by atoms with Crippen LogP contribution in [0.25, 0.3) is 16.9 Å². The van der Waals surface area contributed by atoms with Gasteiger partial charge in [0.05, 0.1) is 40.5 Å². The number of carbonyl (C=O) groups is 2. The summed E-state index contributed by atoms with van der Waals surface area (Å²) in [6, 6.07) is 4.01. The van der Waals surface area contributed by atoms with Crippen LogP contribution in [0.5, 0.6) is 0 Å². The first kappa shape index (κ1) is 23.2. The monoisotopic (exact) mass is 460 g/mol. The fraction of sp³-hybridized carbons (Fsp3) is 0.417. The van der Waals surface area contributed by atoms with Crippen molar-refractivity contribution in [2.24, 2.45) is 5.92 Å². The predicted octanol–water partition coefficient (Wildman–Crippen LogP) is 2.52. The van der Waals surface area contributed by atoms with Gasteiger partial charge >= 0.3 is 0 Å². The van der Waals surface area contributed by atoms with Crippen molar-refractivity contribution in [1.82, 2.24) is 30.2 Å². The van der Waals surface area contributed by atoms with Crippen molar-refractivity contribution in [2.45, 2.75) is 51.6 Å². The van der Waals surface area contributed by atoms with E-state index in [0.717, 1.165) is 25.7 Å². The number of fused-ring (bicyclic) bond motifs is 1. The third kappa shape index (κ3) is 4.83. The second-order valence-electron chi connectivity index (χ2n) is 8.83. The molecule has 1 fully saturated rings. The molecule has 0 bridgehead atoms. The van der Waals surface area contributed by atoms with Gasteiger partial charge in [-0.15, -0.1) is 0 Å². The van der Waals surface area contributed by atoms with Crippen LogP contribution < -0.4 is 16.0 Å². The summed E-state index contributed by atoms with van der Waals surface area (Å²) in [6.07, 6.45) is 9.37. The van der Waals surface area contributed by atoms with Gasteiger partial charge in [-0.3, -0.25) is 14.6 Å². The van der Waals surface area contributed by atoms with Crippen molar-refractivity contribution in [2.75, 3.05) is 12.4 Å².